The van der Waals surface area contributed by atoms with Gasteiger partial charge in [0.1, 0.15) is 5.75 Å². The van der Waals surface area contributed by atoms with Crippen molar-refractivity contribution < 1.29 is 9.53 Å². The lowest BCUT2D eigenvalue weighted by Crippen LogP contribution is -2.22. The summed E-state index contributed by atoms with van der Waals surface area (Å²) in [5.74, 6) is 1.16. The van der Waals surface area contributed by atoms with Crippen molar-refractivity contribution >= 4 is 40.7 Å². The molecule has 134 valence electrons. The molecule has 1 N–H and O–H groups in total. The molecule has 2 rings (SSSR count). The molecule has 25 heavy (non-hydrogen) atoms. The summed E-state index contributed by atoms with van der Waals surface area (Å²) in [5, 5.41) is 11.6. The van der Waals surface area contributed by atoms with E-state index in [-0.39, 0.29) is 12.5 Å². The van der Waals surface area contributed by atoms with Gasteiger partial charge in [0.15, 0.2) is 18.2 Å². The first-order valence-electron chi connectivity index (χ1n) is 7.92. The largest absolute Gasteiger partial charge is 0.482 e. The Balaban J connectivity index is 1.85. The fraction of sp³-hybridized carbons (Fsp3) is 0.353. The summed E-state index contributed by atoms with van der Waals surface area (Å²) in [6.45, 7) is 2.85. The Morgan fingerprint density at radius 3 is 2.68 bits per heavy atom. The van der Waals surface area contributed by atoms with E-state index in [4.69, 9.17) is 27.9 Å². The van der Waals surface area contributed by atoms with Crippen molar-refractivity contribution in [2.24, 2.45) is 0 Å². The number of halogens is 2. The second-order valence-corrected chi connectivity index (χ2v) is 6.31. The molecule has 0 aliphatic carbocycles. The third kappa shape index (κ3) is 6.07. The predicted octanol–water partition coefficient (Wildman–Crippen LogP) is 4.04. The van der Waals surface area contributed by atoms with Crippen molar-refractivity contribution in [1.82, 2.24) is 10.2 Å². The van der Waals surface area contributed by atoms with Gasteiger partial charge in [0.25, 0.3) is 5.91 Å². The number of amides is 1. The first kappa shape index (κ1) is 19.3. The molecular weight excluding hydrogens is 363 g/mol. The quantitative estimate of drug-likeness (QED) is 0.745. The van der Waals surface area contributed by atoms with Gasteiger partial charge in [-0.2, -0.15) is 0 Å². The van der Waals surface area contributed by atoms with Crippen LogP contribution in [0.2, 0.25) is 10.0 Å². The summed E-state index contributed by atoms with van der Waals surface area (Å²) < 4.78 is 5.37. The molecule has 1 amide bonds. The van der Waals surface area contributed by atoms with Gasteiger partial charge in [-0.1, -0.05) is 36.5 Å². The number of anilines is 2. The van der Waals surface area contributed by atoms with E-state index < -0.39 is 0 Å². The Hall–Kier alpha value is -2.05. The minimum Gasteiger partial charge on any atom is -0.482 e. The molecule has 0 bridgehead atoms. The molecule has 0 saturated carbocycles. The van der Waals surface area contributed by atoms with E-state index in [1.807, 2.05) is 18.0 Å². The maximum atomic E-state index is 11.9. The van der Waals surface area contributed by atoms with E-state index in [0.29, 0.717) is 21.6 Å². The molecule has 0 aliphatic rings. The van der Waals surface area contributed by atoms with E-state index in [9.17, 15) is 4.79 Å². The minimum absolute atomic E-state index is 0.193. The number of rotatable bonds is 8. The van der Waals surface area contributed by atoms with Crippen molar-refractivity contribution in [2.45, 2.75) is 19.8 Å². The van der Waals surface area contributed by atoms with Crippen LogP contribution in [0.4, 0.5) is 11.6 Å². The molecular formula is C17H20Cl2N4O2. The molecule has 0 fully saturated rings. The third-order valence-corrected chi connectivity index (χ3v) is 3.94. The minimum atomic E-state index is -0.354. The summed E-state index contributed by atoms with van der Waals surface area (Å²) in [6, 6.07) is 8.32. The van der Waals surface area contributed by atoms with Gasteiger partial charge in [0.2, 0.25) is 0 Å². The monoisotopic (exact) mass is 382 g/mol. The van der Waals surface area contributed by atoms with Crippen molar-refractivity contribution in [1.29, 1.82) is 0 Å². The highest BCUT2D eigenvalue weighted by molar-refractivity contribution is 6.35. The van der Waals surface area contributed by atoms with Gasteiger partial charge in [-0.15, -0.1) is 10.2 Å². The average molecular weight is 383 g/mol. The topological polar surface area (TPSA) is 67.4 Å². The fourth-order valence-electron chi connectivity index (χ4n) is 2.02. The molecule has 0 aliphatic heterocycles. The summed E-state index contributed by atoms with van der Waals surface area (Å²) in [5.41, 5.74) is 0. The number of nitrogens with zero attached hydrogens (tertiary/aromatic N) is 3. The molecule has 1 heterocycles. The van der Waals surface area contributed by atoms with Gasteiger partial charge < -0.3 is 15.0 Å². The number of unbranched alkanes of at least 4 members (excludes halogenated alkanes) is 1. The van der Waals surface area contributed by atoms with Crippen LogP contribution in [0.1, 0.15) is 19.8 Å². The van der Waals surface area contributed by atoms with E-state index in [1.54, 1.807) is 24.3 Å². The fourth-order valence-corrected chi connectivity index (χ4v) is 2.48. The van der Waals surface area contributed by atoms with Crippen molar-refractivity contribution in [3.63, 3.8) is 0 Å². The van der Waals surface area contributed by atoms with E-state index in [0.717, 1.165) is 25.2 Å². The maximum absolute atomic E-state index is 11.9. The lowest BCUT2D eigenvalue weighted by Gasteiger charge is -2.17. The molecule has 1 aromatic heterocycles. The second-order valence-electron chi connectivity index (χ2n) is 5.46. The van der Waals surface area contributed by atoms with Crippen molar-refractivity contribution in [2.75, 3.05) is 30.4 Å². The summed E-state index contributed by atoms with van der Waals surface area (Å²) in [7, 11) is 1.96. The van der Waals surface area contributed by atoms with Gasteiger partial charge in [-0.05, 0) is 36.8 Å². The lowest BCUT2D eigenvalue weighted by molar-refractivity contribution is -0.118. The van der Waals surface area contributed by atoms with Crippen LogP contribution in [0.15, 0.2) is 30.3 Å². The highest BCUT2D eigenvalue weighted by Crippen LogP contribution is 2.27. The van der Waals surface area contributed by atoms with Crippen molar-refractivity contribution in [3.05, 3.63) is 40.4 Å². The van der Waals surface area contributed by atoms with Crippen LogP contribution in [-0.4, -0.2) is 36.3 Å². The number of aromatic nitrogens is 2. The Kier molecular flexibility index (Phi) is 7.28. The second kappa shape index (κ2) is 9.44. The number of hydrogen-bond donors (Lipinski definition) is 1. The molecule has 6 nitrogen and oxygen atoms in total. The van der Waals surface area contributed by atoms with Gasteiger partial charge in [0, 0.05) is 18.6 Å². The Morgan fingerprint density at radius 2 is 2.04 bits per heavy atom. The Bertz CT molecular complexity index is 710. The number of carbonyl (C=O) groups excluding carboxylic acids is 1. The van der Waals surface area contributed by atoms with Crippen LogP contribution >= 0.6 is 23.2 Å². The molecule has 0 radical (unpaired) electrons. The van der Waals surface area contributed by atoms with Crippen molar-refractivity contribution in [3.8, 4) is 5.75 Å². The van der Waals surface area contributed by atoms with Crippen LogP contribution in [0.3, 0.4) is 0 Å². The van der Waals surface area contributed by atoms with E-state index in [2.05, 4.69) is 22.4 Å². The smallest absolute Gasteiger partial charge is 0.263 e. The standard InChI is InChI=1S/C17H20Cl2N4O2/c1-3-4-9-23(2)16-8-7-15(21-22-16)20-17(24)11-25-14-6-5-12(18)10-13(14)19/h5-8,10H,3-4,9,11H2,1-2H3,(H,20,21,24). The SMILES string of the molecule is CCCCN(C)c1ccc(NC(=O)COc2ccc(Cl)cc2Cl)nn1. The Morgan fingerprint density at radius 1 is 1.24 bits per heavy atom. The number of carbonyl (C=O) groups is 1. The number of nitrogens with one attached hydrogen (secondary N) is 1. The molecule has 8 heteroatoms. The molecule has 1 aromatic carbocycles. The maximum Gasteiger partial charge on any atom is 0.263 e. The first-order chi connectivity index (χ1) is 12.0. The van der Waals surface area contributed by atoms with Gasteiger partial charge in [-0.25, -0.2) is 0 Å². The average Bonchev–Trinajstić information content (AvgIpc) is 2.59. The van der Waals surface area contributed by atoms with E-state index in [1.165, 1.54) is 0 Å². The zero-order valence-corrected chi connectivity index (χ0v) is 15.6. The molecule has 2 aromatic rings. The predicted molar refractivity (Wildman–Crippen MR) is 101 cm³/mol. The van der Waals surface area contributed by atoms with Gasteiger partial charge >= 0.3 is 0 Å². The molecule has 0 saturated heterocycles. The van der Waals surface area contributed by atoms with Crippen LogP contribution in [0, 0.1) is 0 Å². The third-order valence-electron chi connectivity index (χ3n) is 3.41. The number of hydrogen-bond acceptors (Lipinski definition) is 5. The van der Waals surface area contributed by atoms with Crippen LogP contribution in [0.5, 0.6) is 5.75 Å². The van der Waals surface area contributed by atoms with Gasteiger partial charge in [0.05, 0.1) is 5.02 Å². The van der Waals surface area contributed by atoms with Crippen LogP contribution in [-0.2, 0) is 4.79 Å². The van der Waals surface area contributed by atoms with Crippen LogP contribution in [0.25, 0.3) is 0 Å². The number of ether oxygens (including phenoxy) is 1. The molecule has 0 spiro atoms. The zero-order valence-electron chi connectivity index (χ0n) is 14.1. The highest BCUT2D eigenvalue weighted by Gasteiger charge is 2.09. The normalized spacial score (nSPS) is 10.4. The van der Waals surface area contributed by atoms with Gasteiger partial charge in [-0.3, -0.25) is 4.79 Å². The first-order valence-corrected chi connectivity index (χ1v) is 8.67. The molecule has 0 atom stereocenters. The molecule has 0 unspecified atom stereocenters. The summed E-state index contributed by atoms with van der Waals surface area (Å²) in [4.78, 5) is 14.0. The number of benzene rings is 1. The van der Waals surface area contributed by atoms with Crippen LogP contribution < -0.4 is 15.0 Å². The lowest BCUT2D eigenvalue weighted by atomic mass is 10.3. The Labute approximate surface area is 157 Å². The van der Waals surface area contributed by atoms with E-state index >= 15 is 0 Å². The summed E-state index contributed by atoms with van der Waals surface area (Å²) >= 11 is 11.8. The summed E-state index contributed by atoms with van der Waals surface area (Å²) in [6.07, 6.45) is 2.20. The highest BCUT2D eigenvalue weighted by atomic mass is 35.5. The zero-order chi connectivity index (χ0) is 18.2.